The molecule has 0 aromatic carbocycles. The van der Waals surface area contributed by atoms with Crippen molar-refractivity contribution in [3.8, 4) is 0 Å². The van der Waals surface area contributed by atoms with Gasteiger partial charge in [0.25, 0.3) is 0 Å². The molecule has 0 aliphatic rings. The van der Waals surface area contributed by atoms with Gasteiger partial charge >= 0.3 is 0 Å². The first-order valence-corrected chi connectivity index (χ1v) is 3.84. The van der Waals surface area contributed by atoms with Crippen LogP contribution in [0.1, 0.15) is 19.8 Å². The third kappa shape index (κ3) is 3.95. The number of rotatable bonds is 6. The molecule has 5 heteroatoms. The van der Waals surface area contributed by atoms with Crippen molar-refractivity contribution in [2.75, 3.05) is 13.6 Å². The van der Waals surface area contributed by atoms with Crippen LogP contribution in [0, 0.1) is 0 Å². The highest BCUT2D eigenvalue weighted by Gasteiger charge is 2.19. The molecule has 0 amide bonds. The van der Waals surface area contributed by atoms with Gasteiger partial charge < -0.3 is 10.1 Å². The first-order chi connectivity index (χ1) is 5.68. The molecule has 0 aromatic rings. The highest BCUT2D eigenvalue weighted by atomic mass is 16.1. The lowest BCUT2D eigenvalue weighted by Gasteiger charge is -2.21. The van der Waals surface area contributed by atoms with Crippen LogP contribution in [0.5, 0.6) is 0 Å². The standard InChI is InChI=1S/C7H14N4O/c1-7(6-12,9-2)4-3-5-10-11-8/h6,9H,3-5H2,1-2H3/t7-/m1/s1. The van der Waals surface area contributed by atoms with Crippen molar-refractivity contribution < 1.29 is 4.79 Å². The van der Waals surface area contributed by atoms with Crippen molar-refractivity contribution in [3.63, 3.8) is 0 Å². The molecule has 12 heavy (non-hydrogen) atoms. The largest absolute Gasteiger partial charge is 0.308 e. The van der Waals surface area contributed by atoms with Gasteiger partial charge in [0.1, 0.15) is 6.29 Å². The quantitative estimate of drug-likeness (QED) is 0.214. The molecule has 0 saturated carbocycles. The van der Waals surface area contributed by atoms with E-state index in [1.54, 1.807) is 7.05 Å². The lowest BCUT2D eigenvalue weighted by molar-refractivity contribution is -0.112. The predicted molar refractivity (Wildman–Crippen MR) is 46.8 cm³/mol. The summed E-state index contributed by atoms with van der Waals surface area (Å²) in [6, 6.07) is 0. The molecular weight excluding hydrogens is 156 g/mol. The molecule has 0 rings (SSSR count). The molecule has 0 bridgehead atoms. The maximum Gasteiger partial charge on any atom is 0.139 e. The van der Waals surface area contributed by atoms with Crippen molar-refractivity contribution in [3.05, 3.63) is 10.4 Å². The summed E-state index contributed by atoms with van der Waals surface area (Å²) in [6.45, 7) is 2.26. The number of nitrogens with one attached hydrogen (secondary N) is 1. The zero-order valence-electron chi connectivity index (χ0n) is 7.45. The molecule has 0 heterocycles. The Hall–Kier alpha value is -1.06. The number of carbonyl (C=O) groups excluding carboxylic acids is 1. The van der Waals surface area contributed by atoms with Crippen LogP contribution in [-0.4, -0.2) is 25.4 Å². The Morgan fingerprint density at radius 1 is 1.75 bits per heavy atom. The smallest absolute Gasteiger partial charge is 0.139 e. The summed E-state index contributed by atoms with van der Waals surface area (Å²) >= 11 is 0. The Balaban J connectivity index is 3.72. The van der Waals surface area contributed by atoms with Crippen molar-refractivity contribution in [2.45, 2.75) is 25.3 Å². The van der Waals surface area contributed by atoms with Crippen LogP contribution in [0.15, 0.2) is 5.11 Å². The van der Waals surface area contributed by atoms with E-state index in [0.29, 0.717) is 13.0 Å². The molecular formula is C7H14N4O. The minimum atomic E-state index is -0.481. The monoisotopic (exact) mass is 170 g/mol. The Labute approximate surface area is 71.8 Å². The van der Waals surface area contributed by atoms with Crippen molar-refractivity contribution in [1.82, 2.24) is 5.32 Å². The number of hydrogen-bond donors (Lipinski definition) is 1. The molecule has 0 radical (unpaired) electrons. The number of likely N-dealkylation sites (N-methyl/N-ethyl adjacent to an activating group) is 1. The summed E-state index contributed by atoms with van der Waals surface area (Å²) in [5, 5.41) is 6.28. The second-order valence-electron chi connectivity index (χ2n) is 2.84. The number of azide groups is 1. The fourth-order valence-electron chi connectivity index (χ4n) is 0.805. The first kappa shape index (κ1) is 10.9. The van der Waals surface area contributed by atoms with Gasteiger partial charge in [0.15, 0.2) is 0 Å². The number of carbonyl (C=O) groups is 1. The second kappa shape index (κ2) is 5.57. The molecule has 0 aliphatic carbocycles. The zero-order chi connectivity index (χ0) is 9.45. The molecule has 5 nitrogen and oxygen atoms in total. The van der Waals surface area contributed by atoms with Crippen molar-refractivity contribution >= 4 is 6.29 Å². The Bertz CT molecular complexity index is 188. The van der Waals surface area contributed by atoms with Gasteiger partial charge in [0.05, 0.1) is 5.54 Å². The summed E-state index contributed by atoms with van der Waals surface area (Å²) in [7, 11) is 1.74. The summed E-state index contributed by atoms with van der Waals surface area (Å²) in [4.78, 5) is 13.2. The van der Waals surface area contributed by atoms with Gasteiger partial charge in [-0.15, -0.1) is 0 Å². The average molecular weight is 170 g/mol. The Kier molecular flexibility index (Phi) is 5.08. The van der Waals surface area contributed by atoms with Crippen LogP contribution in [0.3, 0.4) is 0 Å². The van der Waals surface area contributed by atoms with E-state index in [2.05, 4.69) is 15.3 Å². The SMILES string of the molecule is CN[C@@](C)(C=O)CCCN=[N+]=[N-]. The Morgan fingerprint density at radius 3 is 2.83 bits per heavy atom. The number of nitrogens with zero attached hydrogens (tertiary/aromatic N) is 3. The lowest BCUT2D eigenvalue weighted by Crippen LogP contribution is -2.41. The molecule has 0 aliphatic heterocycles. The maximum atomic E-state index is 10.6. The van der Waals surface area contributed by atoms with E-state index in [1.165, 1.54) is 0 Å². The first-order valence-electron chi connectivity index (χ1n) is 3.84. The van der Waals surface area contributed by atoms with Gasteiger partial charge in [0, 0.05) is 11.5 Å². The van der Waals surface area contributed by atoms with E-state index < -0.39 is 5.54 Å². The number of aldehydes is 1. The third-order valence-corrected chi connectivity index (χ3v) is 1.85. The van der Waals surface area contributed by atoms with Crippen LogP contribution in [-0.2, 0) is 4.79 Å². The maximum absolute atomic E-state index is 10.6. The minimum absolute atomic E-state index is 0.446. The van der Waals surface area contributed by atoms with Crippen LogP contribution in [0.4, 0.5) is 0 Å². The molecule has 0 aromatic heterocycles. The van der Waals surface area contributed by atoms with Crippen LogP contribution >= 0.6 is 0 Å². The van der Waals surface area contributed by atoms with Gasteiger partial charge in [-0.3, -0.25) is 0 Å². The molecule has 1 atom stereocenters. The fraction of sp³-hybridized carbons (Fsp3) is 0.857. The van der Waals surface area contributed by atoms with Gasteiger partial charge in [-0.1, -0.05) is 5.11 Å². The minimum Gasteiger partial charge on any atom is -0.308 e. The van der Waals surface area contributed by atoms with Gasteiger partial charge in [-0.2, -0.15) is 0 Å². The van der Waals surface area contributed by atoms with E-state index >= 15 is 0 Å². The molecule has 0 unspecified atom stereocenters. The van der Waals surface area contributed by atoms with Gasteiger partial charge in [0.2, 0.25) is 0 Å². The van der Waals surface area contributed by atoms with Crippen molar-refractivity contribution in [2.24, 2.45) is 5.11 Å². The predicted octanol–water partition coefficient (Wildman–Crippen LogP) is 1.25. The highest BCUT2D eigenvalue weighted by molar-refractivity contribution is 5.63. The summed E-state index contributed by atoms with van der Waals surface area (Å²) in [6.07, 6.45) is 2.29. The third-order valence-electron chi connectivity index (χ3n) is 1.85. The molecule has 0 spiro atoms. The molecule has 0 saturated heterocycles. The highest BCUT2D eigenvalue weighted by Crippen LogP contribution is 2.08. The van der Waals surface area contributed by atoms with E-state index in [9.17, 15) is 4.79 Å². The topological polar surface area (TPSA) is 77.9 Å². The second-order valence-corrected chi connectivity index (χ2v) is 2.84. The fourth-order valence-corrected chi connectivity index (χ4v) is 0.805. The molecule has 1 N–H and O–H groups in total. The van der Waals surface area contributed by atoms with Crippen LogP contribution < -0.4 is 5.32 Å². The van der Waals surface area contributed by atoms with E-state index in [0.717, 1.165) is 12.7 Å². The van der Waals surface area contributed by atoms with E-state index in [1.807, 2.05) is 6.92 Å². The summed E-state index contributed by atoms with van der Waals surface area (Å²) in [5.41, 5.74) is 7.50. The molecule has 68 valence electrons. The lowest BCUT2D eigenvalue weighted by atomic mass is 9.98. The van der Waals surface area contributed by atoms with Crippen molar-refractivity contribution in [1.29, 1.82) is 0 Å². The van der Waals surface area contributed by atoms with Crippen LogP contribution in [0.2, 0.25) is 0 Å². The Morgan fingerprint density at radius 2 is 2.42 bits per heavy atom. The van der Waals surface area contributed by atoms with Gasteiger partial charge in [-0.25, -0.2) is 0 Å². The average Bonchev–Trinajstić information content (AvgIpc) is 2.12. The van der Waals surface area contributed by atoms with E-state index in [4.69, 9.17) is 5.53 Å². The number of hydrogen-bond acceptors (Lipinski definition) is 3. The van der Waals surface area contributed by atoms with Gasteiger partial charge in [-0.05, 0) is 32.3 Å². The normalized spacial score (nSPS) is 14.5. The van der Waals surface area contributed by atoms with Crippen LogP contribution in [0.25, 0.3) is 10.4 Å². The zero-order valence-corrected chi connectivity index (χ0v) is 7.45. The van der Waals surface area contributed by atoms with E-state index in [-0.39, 0.29) is 0 Å². The summed E-state index contributed by atoms with van der Waals surface area (Å²) in [5.74, 6) is 0. The molecule has 0 fully saturated rings. The summed E-state index contributed by atoms with van der Waals surface area (Å²) < 4.78 is 0.